The highest BCUT2D eigenvalue weighted by atomic mass is 35.5. The topological polar surface area (TPSA) is 41.9 Å². The number of aryl methyl sites for hydroxylation is 2. The molecule has 0 fully saturated rings. The summed E-state index contributed by atoms with van der Waals surface area (Å²) in [7, 11) is 0. The van der Waals surface area contributed by atoms with E-state index in [0.29, 0.717) is 39.6 Å². The van der Waals surface area contributed by atoms with Crippen LogP contribution in [0.1, 0.15) is 61.1 Å². The van der Waals surface area contributed by atoms with Crippen molar-refractivity contribution in [2.45, 2.75) is 54.6 Å². The summed E-state index contributed by atoms with van der Waals surface area (Å²) in [6.07, 6.45) is 17.3. The van der Waals surface area contributed by atoms with Gasteiger partial charge in [0.05, 0.1) is 26.4 Å². The van der Waals surface area contributed by atoms with Crippen molar-refractivity contribution in [3.05, 3.63) is 119 Å². The predicted molar refractivity (Wildman–Crippen MR) is 213 cm³/mol. The molecule has 7 nitrogen and oxygen atoms in total. The molecule has 0 aliphatic rings. The summed E-state index contributed by atoms with van der Waals surface area (Å²) < 4.78 is 21.7. The van der Waals surface area contributed by atoms with E-state index in [0.717, 1.165) is 39.3 Å². The molecule has 0 saturated carbocycles. The third kappa shape index (κ3) is 15.3. The number of hydrogen-bond donors (Lipinski definition) is 0. The first-order chi connectivity index (χ1) is 24.9. The van der Waals surface area contributed by atoms with E-state index in [1.165, 1.54) is 44.8 Å². The number of pyridine rings is 2. The lowest BCUT2D eigenvalue weighted by atomic mass is 10.1. The molecule has 0 saturated heterocycles. The van der Waals surface area contributed by atoms with Crippen LogP contribution >= 0.6 is 0 Å². The van der Waals surface area contributed by atoms with Crippen LogP contribution < -0.4 is 43.7 Å². The van der Waals surface area contributed by atoms with Crippen LogP contribution in [0.25, 0.3) is 24.3 Å². The van der Waals surface area contributed by atoms with Crippen LogP contribution in [0.3, 0.4) is 0 Å². The van der Waals surface area contributed by atoms with Gasteiger partial charge in [-0.25, -0.2) is 9.13 Å². The molecule has 0 aliphatic heterocycles. The molecule has 0 spiro atoms. The van der Waals surface area contributed by atoms with Crippen LogP contribution in [0.5, 0.6) is 0 Å². The summed E-state index contributed by atoms with van der Waals surface area (Å²) in [6, 6.07) is 21.9. The first kappa shape index (κ1) is 45.4. The fourth-order valence-electron chi connectivity index (χ4n) is 6.02. The van der Waals surface area contributed by atoms with Crippen LogP contribution in [-0.4, -0.2) is 65.8 Å². The Morgan fingerprint density at radius 3 is 1.13 bits per heavy atom. The molecular formula is C44H60Cl2N4O3. The molecule has 2 aromatic carbocycles. The van der Waals surface area contributed by atoms with Crippen molar-refractivity contribution in [2.75, 3.05) is 75.6 Å². The van der Waals surface area contributed by atoms with E-state index in [-0.39, 0.29) is 24.8 Å². The fourth-order valence-corrected chi connectivity index (χ4v) is 6.02. The van der Waals surface area contributed by atoms with Crippen molar-refractivity contribution in [2.24, 2.45) is 0 Å². The molecule has 0 atom stereocenters. The van der Waals surface area contributed by atoms with Crippen LogP contribution in [0, 0.1) is 13.8 Å². The van der Waals surface area contributed by atoms with Crippen molar-refractivity contribution >= 4 is 35.7 Å². The lowest BCUT2D eigenvalue weighted by molar-refractivity contribution is -0.698. The number of aromatic nitrogens is 2. The lowest BCUT2D eigenvalue weighted by Crippen LogP contribution is -3.00. The van der Waals surface area contributed by atoms with Gasteiger partial charge in [-0.2, -0.15) is 0 Å². The van der Waals surface area contributed by atoms with Crippen molar-refractivity contribution in [1.29, 1.82) is 0 Å². The van der Waals surface area contributed by atoms with Gasteiger partial charge in [0.15, 0.2) is 37.9 Å². The molecule has 2 heterocycles. The molecule has 9 heteroatoms. The van der Waals surface area contributed by atoms with Gasteiger partial charge in [-0.05, 0) is 88.1 Å². The molecule has 0 aliphatic carbocycles. The molecule has 4 aromatic rings. The molecule has 4 rings (SSSR count). The average Bonchev–Trinajstić information content (AvgIpc) is 3.15. The van der Waals surface area contributed by atoms with E-state index >= 15 is 0 Å². The predicted octanol–water partition coefficient (Wildman–Crippen LogP) is 1.67. The first-order valence-electron chi connectivity index (χ1n) is 18.7. The Morgan fingerprint density at radius 2 is 0.811 bits per heavy atom. The Bertz CT molecular complexity index is 1530. The minimum Gasteiger partial charge on any atom is -1.00 e. The Hall–Kier alpha value is -3.72. The number of rotatable bonds is 22. The zero-order valence-electron chi connectivity index (χ0n) is 32.6. The SMILES string of the molecule is CCN(CC)c1ccc(/C=C/c2cc[n+](CCOCCOCCOCC[n+]3ccc(/C=C/c4ccc(N(CC)CC)cc4)c(C)c3)cc2C)cc1.[Cl-].[Cl-]. The maximum absolute atomic E-state index is 5.81. The molecule has 0 N–H and O–H groups in total. The zero-order valence-corrected chi connectivity index (χ0v) is 34.2. The number of ether oxygens (including phenoxy) is 3. The largest absolute Gasteiger partial charge is 1.00 e. The molecule has 2 aromatic heterocycles. The molecule has 0 bridgehead atoms. The van der Waals surface area contributed by atoms with Gasteiger partial charge in [0.1, 0.15) is 13.2 Å². The average molecular weight is 764 g/mol. The van der Waals surface area contributed by atoms with Gasteiger partial charge in [-0.15, -0.1) is 0 Å². The van der Waals surface area contributed by atoms with Crippen molar-refractivity contribution in [3.8, 4) is 0 Å². The monoisotopic (exact) mass is 762 g/mol. The second-order valence-electron chi connectivity index (χ2n) is 12.7. The van der Waals surface area contributed by atoms with E-state index in [9.17, 15) is 0 Å². The molecule has 288 valence electrons. The number of anilines is 2. The third-order valence-corrected chi connectivity index (χ3v) is 9.21. The van der Waals surface area contributed by atoms with Gasteiger partial charge in [-0.3, -0.25) is 0 Å². The Balaban J connectivity index is 0.00000486. The summed E-state index contributed by atoms with van der Waals surface area (Å²) in [4.78, 5) is 4.72. The number of hydrogen-bond acceptors (Lipinski definition) is 5. The Morgan fingerprint density at radius 1 is 0.472 bits per heavy atom. The van der Waals surface area contributed by atoms with Crippen molar-refractivity contribution < 1.29 is 48.2 Å². The van der Waals surface area contributed by atoms with Crippen LogP contribution in [0.2, 0.25) is 0 Å². The van der Waals surface area contributed by atoms with E-state index in [4.69, 9.17) is 14.2 Å². The number of nitrogens with zero attached hydrogens (tertiary/aromatic N) is 4. The van der Waals surface area contributed by atoms with Crippen molar-refractivity contribution in [3.63, 3.8) is 0 Å². The van der Waals surface area contributed by atoms with Crippen LogP contribution in [-0.2, 0) is 27.3 Å². The molecule has 0 unspecified atom stereocenters. The fraction of sp³-hybridized carbons (Fsp3) is 0.409. The highest BCUT2D eigenvalue weighted by Crippen LogP contribution is 2.18. The second-order valence-corrected chi connectivity index (χ2v) is 12.7. The number of halogens is 2. The van der Waals surface area contributed by atoms with Gasteiger partial charge in [0.2, 0.25) is 0 Å². The lowest BCUT2D eigenvalue weighted by Gasteiger charge is -2.20. The summed E-state index contributed by atoms with van der Waals surface area (Å²) in [5.74, 6) is 0. The highest BCUT2D eigenvalue weighted by Gasteiger charge is 2.07. The van der Waals surface area contributed by atoms with Gasteiger partial charge in [0.25, 0.3) is 0 Å². The summed E-state index contributed by atoms with van der Waals surface area (Å²) >= 11 is 0. The van der Waals surface area contributed by atoms with Crippen molar-refractivity contribution in [1.82, 2.24) is 0 Å². The smallest absolute Gasteiger partial charge is 0.172 e. The van der Waals surface area contributed by atoms with Gasteiger partial charge in [0, 0.05) is 60.8 Å². The summed E-state index contributed by atoms with van der Waals surface area (Å²) in [5.41, 5.74) is 9.87. The van der Waals surface area contributed by atoms with Gasteiger partial charge >= 0.3 is 0 Å². The minimum absolute atomic E-state index is 0. The summed E-state index contributed by atoms with van der Waals surface area (Å²) in [6.45, 7) is 22.3. The Labute approximate surface area is 331 Å². The first-order valence-corrected chi connectivity index (χ1v) is 18.7. The van der Waals surface area contributed by atoms with E-state index < -0.39 is 0 Å². The normalized spacial score (nSPS) is 11.1. The van der Waals surface area contributed by atoms with E-state index in [1.807, 2.05) is 0 Å². The standard InChI is InChI=1S/C44H60N4O3.2ClH/c1-7-47(8-2)43-19-13-39(14-20-43)11-17-41-23-25-45(35-37(41)5)27-29-49-31-33-51-34-32-50-30-28-46-26-24-42(38(6)36-46)18-12-40-15-21-44(22-16-40)48(9-3)10-4;;/h11-26,35-36H,7-10,27-34H2,1-6H3;2*1H/q+2;;/p-2. The number of benzene rings is 2. The van der Waals surface area contributed by atoms with E-state index in [1.54, 1.807) is 0 Å². The third-order valence-electron chi connectivity index (χ3n) is 9.21. The van der Waals surface area contributed by atoms with Gasteiger partial charge in [-0.1, -0.05) is 48.6 Å². The second kappa shape index (κ2) is 25.3. The molecule has 0 amide bonds. The molecule has 53 heavy (non-hydrogen) atoms. The highest BCUT2D eigenvalue weighted by molar-refractivity contribution is 5.72. The minimum atomic E-state index is 0. The van der Waals surface area contributed by atoms with Crippen LogP contribution in [0.4, 0.5) is 11.4 Å². The van der Waals surface area contributed by atoms with Crippen LogP contribution in [0.15, 0.2) is 85.5 Å². The summed E-state index contributed by atoms with van der Waals surface area (Å²) in [5, 5.41) is 0. The Kier molecular flexibility index (Phi) is 21.7. The quantitative estimate of drug-likeness (QED) is 0.0902. The maximum atomic E-state index is 5.81. The van der Waals surface area contributed by atoms with E-state index in [2.05, 4.69) is 170 Å². The molecular weight excluding hydrogens is 703 g/mol. The maximum Gasteiger partial charge on any atom is 0.172 e. The molecule has 0 radical (unpaired) electrons. The zero-order chi connectivity index (χ0) is 36.3. The van der Waals surface area contributed by atoms with Gasteiger partial charge < -0.3 is 48.8 Å².